The van der Waals surface area contributed by atoms with Crippen molar-refractivity contribution in [1.29, 1.82) is 0 Å². The first kappa shape index (κ1) is 14.9. The second-order valence-electron chi connectivity index (χ2n) is 5.82. The summed E-state index contributed by atoms with van der Waals surface area (Å²) in [6.07, 6.45) is 0.668. The highest BCUT2D eigenvalue weighted by molar-refractivity contribution is 5.74. The molecule has 20 heavy (non-hydrogen) atoms. The zero-order valence-corrected chi connectivity index (χ0v) is 12.4. The predicted octanol–water partition coefficient (Wildman–Crippen LogP) is 2.31. The Morgan fingerprint density at radius 2 is 1.80 bits per heavy atom. The van der Waals surface area contributed by atoms with Gasteiger partial charge in [-0.2, -0.15) is 0 Å². The number of carboxylic acid groups (broad SMARTS) is 1. The van der Waals surface area contributed by atoms with Gasteiger partial charge in [0.15, 0.2) is 0 Å². The monoisotopic (exact) mass is 276 g/mol. The van der Waals surface area contributed by atoms with Crippen LogP contribution < -0.4 is 4.90 Å². The van der Waals surface area contributed by atoms with Crippen LogP contribution in [-0.4, -0.2) is 48.7 Å². The van der Waals surface area contributed by atoms with Crippen molar-refractivity contribution in [2.24, 2.45) is 5.41 Å². The summed E-state index contributed by atoms with van der Waals surface area (Å²) in [5.74, 6) is -0.689. The highest BCUT2D eigenvalue weighted by Crippen LogP contribution is 2.24. The summed E-state index contributed by atoms with van der Waals surface area (Å²) in [5, 5.41) is 9.36. The Morgan fingerprint density at radius 1 is 1.20 bits per heavy atom. The van der Waals surface area contributed by atoms with Crippen molar-refractivity contribution in [3.05, 3.63) is 30.3 Å². The SMILES string of the molecule is CCC(C)(CN1CCN(c2ccccc2)CC1)C(=O)O. The largest absolute Gasteiger partial charge is 0.481 e. The third kappa shape index (κ3) is 3.31. The molecule has 0 spiro atoms. The molecule has 1 aliphatic heterocycles. The predicted molar refractivity (Wildman–Crippen MR) is 81.1 cm³/mol. The van der Waals surface area contributed by atoms with Crippen LogP contribution in [0, 0.1) is 5.41 Å². The van der Waals surface area contributed by atoms with Crippen LogP contribution in [0.5, 0.6) is 0 Å². The van der Waals surface area contributed by atoms with Gasteiger partial charge in [0.2, 0.25) is 0 Å². The van der Waals surface area contributed by atoms with Crippen LogP contribution in [0.1, 0.15) is 20.3 Å². The van der Waals surface area contributed by atoms with Crippen LogP contribution in [-0.2, 0) is 4.79 Å². The topological polar surface area (TPSA) is 43.8 Å². The lowest BCUT2D eigenvalue weighted by Crippen LogP contribution is -2.50. The third-order valence-corrected chi connectivity index (χ3v) is 4.36. The molecule has 1 N–H and O–H groups in total. The van der Waals surface area contributed by atoms with Crippen molar-refractivity contribution in [2.75, 3.05) is 37.6 Å². The molecular weight excluding hydrogens is 252 g/mol. The average Bonchev–Trinajstić information content (AvgIpc) is 2.48. The first-order chi connectivity index (χ1) is 9.55. The van der Waals surface area contributed by atoms with Crippen molar-refractivity contribution >= 4 is 11.7 Å². The molecular formula is C16H24N2O2. The van der Waals surface area contributed by atoms with E-state index in [9.17, 15) is 9.90 Å². The first-order valence-corrected chi connectivity index (χ1v) is 7.31. The molecule has 1 heterocycles. The van der Waals surface area contributed by atoms with Crippen LogP contribution in [0.25, 0.3) is 0 Å². The van der Waals surface area contributed by atoms with E-state index in [0.717, 1.165) is 26.2 Å². The number of carboxylic acids is 1. The normalized spacial score (nSPS) is 19.6. The summed E-state index contributed by atoms with van der Waals surface area (Å²) in [4.78, 5) is 16.0. The van der Waals surface area contributed by atoms with E-state index in [0.29, 0.717) is 13.0 Å². The lowest BCUT2D eigenvalue weighted by molar-refractivity contribution is -0.149. The van der Waals surface area contributed by atoms with Gasteiger partial charge in [0, 0.05) is 38.4 Å². The highest BCUT2D eigenvalue weighted by Gasteiger charge is 2.34. The van der Waals surface area contributed by atoms with Gasteiger partial charge in [0.1, 0.15) is 0 Å². The Bertz CT molecular complexity index is 441. The summed E-state index contributed by atoms with van der Waals surface area (Å²) in [6.45, 7) is 8.22. The van der Waals surface area contributed by atoms with E-state index in [2.05, 4.69) is 34.1 Å². The van der Waals surface area contributed by atoms with E-state index in [1.807, 2.05) is 19.9 Å². The van der Waals surface area contributed by atoms with Crippen molar-refractivity contribution < 1.29 is 9.90 Å². The summed E-state index contributed by atoms with van der Waals surface area (Å²) in [7, 11) is 0. The van der Waals surface area contributed by atoms with Crippen molar-refractivity contribution in [1.82, 2.24) is 4.90 Å². The fourth-order valence-corrected chi connectivity index (χ4v) is 2.63. The van der Waals surface area contributed by atoms with E-state index in [-0.39, 0.29) is 0 Å². The van der Waals surface area contributed by atoms with E-state index in [4.69, 9.17) is 0 Å². The van der Waals surface area contributed by atoms with Crippen LogP contribution in [0.3, 0.4) is 0 Å². The molecule has 4 heteroatoms. The van der Waals surface area contributed by atoms with Gasteiger partial charge in [-0.1, -0.05) is 25.1 Å². The number of hydrogen-bond acceptors (Lipinski definition) is 3. The molecule has 0 bridgehead atoms. The van der Waals surface area contributed by atoms with Gasteiger partial charge in [-0.25, -0.2) is 0 Å². The van der Waals surface area contributed by atoms with Gasteiger partial charge in [-0.15, -0.1) is 0 Å². The first-order valence-electron chi connectivity index (χ1n) is 7.31. The molecule has 0 aliphatic carbocycles. The maximum absolute atomic E-state index is 11.4. The third-order valence-electron chi connectivity index (χ3n) is 4.36. The number of anilines is 1. The Morgan fingerprint density at radius 3 is 2.30 bits per heavy atom. The molecule has 1 aromatic rings. The number of rotatable bonds is 5. The second-order valence-corrected chi connectivity index (χ2v) is 5.82. The molecule has 0 amide bonds. The molecule has 1 aliphatic rings. The molecule has 1 saturated heterocycles. The molecule has 1 unspecified atom stereocenters. The van der Waals surface area contributed by atoms with Crippen LogP contribution >= 0.6 is 0 Å². The minimum Gasteiger partial charge on any atom is -0.481 e. The summed E-state index contributed by atoms with van der Waals surface area (Å²) < 4.78 is 0. The molecule has 4 nitrogen and oxygen atoms in total. The number of aliphatic carboxylic acids is 1. The summed E-state index contributed by atoms with van der Waals surface area (Å²) in [6, 6.07) is 10.4. The number of para-hydroxylation sites is 1. The molecule has 1 aromatic carbocycles. The van der Waals surface area contributed by atoms with E-state index in [1.54, 1.807) is 0 Å². The van der Waals surface area contributed by atoms with Crippen molar-refractivity contribution in [2.45, 2.75) is 20.3 Å². The van der Waals surface area contributed by atoms with Gasteiger partial charge in [-0.05, 0) is 25.5 Å². The molecule has 0 radical (unpaired) electrons. The van der Waals surface area contributed by atoms with E-state index in [1.165, 1.54) is 5.69 Å². The van der Waals surface area contributed by atoms with Crippen LogP contribution in [0.2, 0.25) is 0 Å². The Labute approximate surface area is 121 Å². The molecule has 1 atom stereocenters. The maximum atomic E-state index is 11.4. The van der Waals surface area contributed by atoms with Gasteiger partial charge in [0.05, 0.1) is 5.41 Å². The minimum absolute atomic E-state index is 0.630. The number of piperazine rings is 1. The van der Waals surface area contributed by atoms with Crippen molar-refractivity contribution in [3.63, 3.8) is 0 Å². The smallest absolute Gasteiger partial charge is 0.310 e. The zero-order valence-electron chi connectivity index (χ0n) is 12.4. The fraction of sp³-hybridized carbons (Fsp3) is 0.562. The molecule has 110 valence electrons. The average molecular weight is 276 g/mol. The minimum atomic E-state index is -0.689. The number of hydrogen-bond donors (Lipinski definition) is 1. The second kappa shape index (κ2) is 6.27. The van der Waals surface area contributed by atoms with Gasteiger partial charge in [0.25, 0.3) is 0 Å². The molecule has 0 saturated carbocycles. The molecule has 2 rings (SSSR count). The highest BCUT2D eigenvalue weighted by atomic mass is 16.4. The van der Waals surface area contributed by atoms with E-state index < -0.39 is 11.4 Å². The maximum Gasteiger partial charge on any atom is 0.310 e. The van der Waals surface area contributed by atoms with Crippen LogP contribution in [0.4, 0.5) is 5.69 Å². The number of benzene rings is 1. The number of nitrogens with zero attached hydrogens (tertiary/aromatic N) is 2. The lowest BCUT2D eigenvalue weighted by atomic mass is 9.87. The Balaban J connectivity index is 1.90. The van der Waals surface area contributed by atoms with Crippen molar-refractivity contribution in [3.8, 4) is 0 Å². The fourth-order valence-electron chi connectivity index (χ4n) is 2.63. The zero-order chi connectivity index (χ0) is 14.6. The summed E-state index contributed by atoms with van der Waals surface area (Å²) >= 11 is 0. The Hall–Kier alpha value is -1.55. The Kier molecular flexibility index (Phi) is 4.65. The summed E-state index contributed by atoms with van der Waals surface area (Å²) in [5.41, 5.74) is 0.623. The van der Waals surface area contributed by atoms with Gasteiger partial charge < -0.3 is 10.0 Å². The molecule has 0 aromatic heterocycles. The van der Waals surface area contributed by atoms with E-state index >= 15 is 0 Å². The van der Waals surface area contributed by atoms with Crippen LogP contribution in [0.15, 0.2) is 30.3 Å². The van der Waals surface area contributed by atoms with Gasteiger partial charge in [-0.3, -0.25) is 9.69 Å². The number of carbonyl (C=O) groups is 1. The quantitative estimate of drug-likeness (QED) is 0.896. The lowest BCUT2D eigenvalue weighted by Gasteiger charge is -2.39. The van der Waals surface area contributed by atoms with Gasteiger partial charge >= 0.3 is 5.97 Å². The standard InChI is InChI=1S/C16H24N2O2/c1-3-16(2,15(19)20)13-17-9-11-18(12-10-17)14-7-5-4-6-8-14/h4-8H,3,9-13H2,1-2H3,(H,19,20). The molecule has 1 fully saturated rings.